The second kappa shape index (κ2) is 3.97. The zero-order chi connectivity index (χ0) is 11.6. The van der Waals surface area contributed by atoms with E-state index in [2.05, 4.69) is 6.07 Å². The number of benzene rings is 1. The molecule has 2 rings (SSSR count). The highest BCUT2D eigenvalue weighted by molar-refractivity contribution is 5.76. The highest BCUT2D eigenvalue weighted by Crippen LogP contribution is 2.43. The molecule has 1 aromatic carbocycles. The first kappa shape index (κ1) is 10.7. The quantitative estimate of drug-likeness (QED) is 0.841. The summed E-state index contributed by atoms with van der Waals surface area (Å²) in [4.78, 5) is 11.2. The third-order valence-corrected chi connectivity index (χ3v) is 3.39. The lowest BCUT2D eigenvalue weighted by Gasteiger charge is -2.37. The Kier molecular flexibility index (Phi) is 2.66. The molecule has 16 heavy (non-hydrogen) atoms. The third-order valence-electron chi connectivity index (χ3n) is 3.39. The van der Waals surface area contributed by atoms with E-state index in [4.69, 9.17) is 5.26 Å². The molecule has 0 heterocycles. The molecule has 0 amide bonds. The molecule has 3 heteroatoms. The summed E-state index contributed by atoms with van der Waals surface area (Å²) < 4.78 is 0. The maximum atomic E-state index is 11.2. The Morgan fingerprint density at radius 2 is 2.00 bits per heavy atom. The maximum absolute atomic E-state index is 11.2. The van der Waals surface area contributed by atoms with Gasteiger partial charge in [0.2, 0.25) is 0 Å². The monoisotopic (exact) mass is 215 g/mol. The van der Waals surface area contributed by atoms with Gasteiger partial charge in [-0.1, -0.05) is 18.6 Å². The molecule has 0 saturated heterocycles. The number of hydrogen-bond acceptors (Lipinski definition) is 2. The van der Waals surface area contributed by atoms with Crippen molar-refractivity contribution >= 4 is 5.97 Å². The van der Waals surface area contributed by atoms with E-state index >= 15 is 0 Å². The van der Waals surface area contributed by atoms with Crippen molar-refractivity contribution in [2.24, 2.45) is 5.41 Å². The number of nitriles is 1. The molecule has 1 aliphatic carbocycles. The molecule has 0 unspecified atom stereocenters. The molecular weight excluding hydrogens is 202 g/mol. The van der Waals surface area contributed by atoms with Gasteiger partial charge in [-0.15, -0.1) is 0 Å². The Balaban J connectivity index is 2.14. The van der Waals surface area contributed by atoms with Gasteiger partial charge in [0, 0.05) is 0 Å². The molecule has 1 aromatic rings. The number of carboxylic acids is 1. The van der Waals surface area contributed by atoms with Crippen LogP contribution in [0.25, 0.3) is 0 Å². The standard InChI is InChI=1S/C13H13NO2/c14-9-11-4-2-10(3-5-11)8-13(12(15)16)6-1-7-13/h2-5H,1,6-8H2,(H,15,16). The Morgan fingerprint density at radius 3 is 2.38 bits per heavy atom. The number of carbonyl (C=O) groups is 1. The SMILES string of the molecule is N#Cc1ccc(CC2(C(=O)O)CCC2)cc1. The van der Waals surface area contributed by atoms with Crippen molar-refractivity contribution in [1.82, 2.24) is 0 Å². The van der Waals surface area contributed by atoms with E-state index in [1.165, 1.54) is 0 Å². The van der Waals surface area contributed by atoms with Gasteiger partial charge in [0.15, 0.2) is 0 Å². The number of carboxylic acid groups (broad SMARTS) is 1. The van der Waals surface area contributed by atoms with E-state index in [1.54, 1.807) is 12.1 Å². The lowest BCUT2D eigenvalue weighted by molar-refractivity contribution is -0.154. The van der Waals surface area contributed by atoms with Gasteiger partial charge >= 0.3 is 5.97 Å². The van der Waals surface area contributed by atoms with E-state index in [-0.39, 0.29) is 0 Å². The fourth-order valence-corrected chi connectivity index (χ4v) is 2.16. The normalized spacial score (nSPS) is 17.2. The van der Waals surface area contributed by atoms with Gasteiger partial charge in [-0.05, 0) is 37.0 Å². The molecule has 0 aliphatic heterocycles. The maximum Gasteiger partial charge on any atom is 0.309 e. The number of nitrogens with zero attached hydrogens (tertiary/aromatic N) is 1. The molecule has 1 saturated carbocycles. The molecule has 82 valence electrons. The molecule has 1 fully saturated rings. The van der Waals surface area contributed by atoms with Crippen LogP contribution in [0.5, 0.6) is 0 Å². The van der Waals surface area contributed by atoms with Gasteiger partial charge in [-0.3, -0.25) is 4.79 Å². The molecule has 0 aromatic heterocycles. The van der Waals surface area contributed by atoms with Gasteiger partial charge < -0.3 is 5.11 Å². The van der Waals surface area contributed by atoms with Crippen LogP contribution in [0, 0.1) is 16.7 Å². The van der Waals surface area contributed by atoms with Crippen LogP contribution in [0.2, 0.25) is 0 Å². The van der Waals surface area contributed by atoms with Crippen molar-refractivity contribution in [2.75, 3.05) is 0 Å². The second-order valence-electron chi connectivity index (χ2n) is 4.42. The fourth-order valence-electron chi connectivity index (χ4n) is 2.16. The largest absolute Gasteiger partial charge is 0.481 e. The van der Waals surface area contributed by atoms with Crippen molar-refractivity contribution in [1.29, 1.82) is 5.26 Å². The van der Waals surface area contributed by atoms with Crippen LogP contribution in [-0.4, -0.2) is 11.1 Å². The first-order valence-corrected chi connectivity index (χ1v) is 5.39. The van der Waals surface area contributed by atoms with Gasteiger partial charge in [0.05, 0.1) is 17.0 Å². The Bertz CT molecular complexity index is 438. The lowest BCUT2D eigenvalue weighted by Crippen LogP contribution is -2.39. The Hall–Kier alpha value is -1.82. The summed E-state index contributed by atoms with van der Waals surface area (Å²) in [5, 5.41) is 17.9. The van der Waals surface area contributed by atoms with E-state index in [0.717, 1.165) is 24.8 Å². The zero-order valence-electron chi connectivity index (χ0n) is 8.94. The van der Waals surface area contributed by atoms with E-state index in [1.807, 2.05) is 12.1 Å². The molecular formula is C13H13NO2. The van der Waals surface area contributed by atoms with Crippen molar-refractivity contribution in [2.45, 2.75) is 25.7 Å². The van der Waals surface area contributed by atoms with Gasteiger partial charge in [-0.25, -0.2) is 0 Å². The summed E-state index contributed by atoms with van der Waals surface area (Å²) in [6.07, 6.45) is 3.11. The Labute approximate surface area is 94.3 Å². The molecule has 0 radical (unpaired) electrons. The average Bonchev–Trinajstić information content (AvgIpc) is 2.24. The van der Waals surface area contributed by atoms with Crippen LogP contribution < -0.4 is 0 Å². The summed E-state index contributed by atoms with van der Waals surface area (Å²) in [7, 11) is 0. The van der Waals surface area contributed by atoms with Gasteiger partial charge in [-0.2, -0.15) is 5.26 Å². The second-order valence-corrected chi connectivity index (χ2v) is 4.42. The first-order valence-electron chi connectivity index (χ1n) is 5.39. The van der Waals surface area contributed by atoms with Crippen molar-refractivity contribution in [3.05, 3.63) is 35.4 Å². The minimum Gasteiger partial charge on any atom is -0.481 e. The van der Waals surface area contributed by atoms with Crippen LogP contribution in [0.1, 0.15) is 30.4 Å². The predicted octanol–water partition coefficient (Wildman–Crippen LogP) is 2.36. The lowest BCUT2D eigenvalue weighted by atomic mass is 9.65. The number of rotatable bonds is 3. The molecule has 0 atom stereocenters. The summed E-state index contributed by atoms with van der Waals surface area (Å²) in [5.74, 6) is -0.692. The molecule has 3 nitrogen and oxygen atoms in total. The smallest absolute Gasteiger partial charge is 0.309 e. The molecule has 0 bridgehead atoms. The molecule has 1 N–H and O–H groups in total. The van der Waals surface area contributed by atoms with Crippen LogP contribution in [0.3, 0.4) is 0 Å². The highest BCUT2D eigenvalue weighted by Gasteiger charge is 2.44. The van der Waals surface area contributed by atoms with Gasteiger partial charge in [0.25, 0.3) is 0 Å². The van der Waals surface area contributed by atoms with Crippen LogP contribution >= 0.6 is 0 Å². The first-order chi connectivity index (χ1) is 7.66. The summed E-state index contributed by atoms with van der Waals surface area (Å²) in [6.45, 7) is 0. The topological polar surface area (TPSA) is 61.1 Å². The zero-order valence-corrected chi connectivity index (χ0v) is 8.94. The molecule has 0 spiro atoms. The Morgan fingerprint density at radius 1 is 1.38 bits per heavy atom. The summed E-state index contributed by atoms with van der Waals surface area (Å²) in [5.41, 5.74) is 1.07. The van der Waals surface area contributed by atoms with E-state index in [0.29, 0.717) is 12.0 Å². The summed E-state index contributed by atoms with van der Waals surface area (Å²) in [6, 6.07) is 9.23. The predicted molar refractivity (Wildman–Crippen MR) is 58.8 cm³/mol. The highest BCUT2D eigenvalue weighted by atomic mass is 16.4. The van der Waals surface area contributed by atoms with E-state index in [9.17, 15) is 9.90 Å². The van der Waals surface area contributed by atoms with Crippen molar-refractivity contribution < 1.29 is 9.90 Å². The average molecular weight is 215 g/mol. The number of aliphatic carboxylic acids is 1. The minimum atomic E-state index is -0.692. The summed E-state index contributed by atoms with van der Waals surface area (Å²) >= 11 is 0. The van der Waals surface area contributed by atoms with Crippen LogP contribution in [-0.2, 0) is 11.2 Å². The van der Waals surface area contributed by atoms with Gasteiger partial charge in [0.1, 0.15) is 0 Å². The van der Waals surface area contributed by atoms with Crippen molar-refractivity contribution in [3.8, 4) is 6.07 Å². The van der Waals surface area contributed by atoms with Crippen LogP contribution in [0.15, 0.2) is 24.3 Å². The number of hydrogen-bond donors (Lipinski definition) is 1. The minimum absolute atomic E-state index is 0.547. The third kappa shape index (κ3) is 1.79. The molecule has 1 aliphatic rings. The van der Waals surface area contributed by atoms with E-state index < -0.39 is 11.4 Å². The fraction of sp³-hybridized carbons (Fsp3) is 0.385. The van der Waals surface area contributed by atoms with Crippen molar-refractivity contribution in [3.63, 3.8) is 0 Å². The van der Waals surface area contributed by atoms with Crippen LogP contribution in [0.4, 0.5) is 0 Å².